The summed E-state index contributed by atoms with van der Waals surface area (Å²) in [7, 11) is 0. The van der Waals surface area contributed by atoms with Gasteiger partial charge in [0.15, 0.2) is 11.5 Å². The number of alkyl halides is 2. The van der Waals surface area contributed by atoms with Crippen LogP contribution in [0.4, 0.5) is 13.2 Å². The van der Waals surface area contributed by atoms with Crippen molar-refractivity contribution < 1.29 is 13.2 Å². The Labute approximate surface area is 80.1 Å². The highest BCUT2D eigenvalue weighted by atomic mass is 79.9. The standard InChI is InChI=1S/C7H2BrF3N2/c8-3-1-4(7(10)11)13-5(2-12)6(3)9/h1,7H. The summed E-state index contributed by atoms with van der Waals surface area (Å²) < 4.78 is 36.8. The van der Waals surface area contributed by atoms with E-state index in [2.05, 4.69) is 20.9 Å². The Morgan fingerprint density at radius 1 is 1.54 bits per heavy atom. The van der Waals surface area contributed by atoms with Crippen LogP contribution < -0.4 is 0 Å². The first-order valence-corrected chi connectivity index (χ1v) is 3.89. The monoisotopic (exact) mass is 250 g/mol. The predicted octanol–water partition coefficient (Wildman–Crippen LogP) is 2.79. The molecule has 0 saturated carbocycles. The quantitative estimate of drug-likeness (QED) is 0.769. The highest BCUT2D eigenvalue weighted by molar-refractivity contribution is 9.10. The van der Waals surface area contributed by atoms with Gasteiger partial charge in [0.1, 0.15) is 11.8 Å². The Morgan fingerprint density at radius 3 is 2.62 bits per heavy atom. The number of rotatable bonds is 1. The van der Waals surface area contributed by atoms with Crippen LogP contribution in [0.2, 0.25) is 0 Å². The van der Waals surface area contributed by atoms with Crippen molar-refractivity contribution in [2.24, 2.45) is 0 Å². The molecule has 1 aromatic heterocycles. The van der Waals surface area contributed by atoms with Crippen molar-refractivity contribution in [1.82, 2.24) is 4.98 Å². The number of aromatic nitrogens is 1. The fourth-order valence-corrected chi connectivity index (χ4v) is 1.12. The lowest BCUT2D eigenvalue weighted by Gasteiger charge is -2.01. The molecular weight excluding hydrogens is 249 g/mol. The summed E-state index contributed by atoms with van der Waals surface area (Å²) in [6, 6.07) is 2.23. The van der Waals surface area contributed by atoms with E-state index in [0.717, 1.165) is 6.07 Å². The van der Waals surface area contributed by atoms with Crippen LogP contribution in [0.1, 0.15) is 17.8 Å². The molecule has 0 saturated heterocycles. The molecular formula is C7H2BrF3N2. The number of halogens is 4. The number of hydrogen-bond donors (Lipinski definition) is 0. The molecule has 0 unspecified atom stereocenters. The maximum atomic E-state index is 12.9. The Balaban J connectivity index is 3.32. The third-order valence-corrected chi connectivity index (χ3v) is 1.84. The van der Waals surface area contributed by atoms with Crippen molar-refractivity contribution in [2.75, 3.05) is 0 Å². The van der Waals surface area contributed by atoms with Crippen molar-refractivity contribution in [2.45, 2.75) is 6.43 Å². The van der Waals surface area contributed by atoms with Crippen molar-refractivity contribution in [3.05, 3.63) is 27.7 Å². The molecule has 13 heavy (non-hydrogen) atoms. The van der Waals surface area contributed by atoms with Gasteiger partial charge in [-0.25, -0.2) is 18.2 Å². The van der Waals surface area contributed by atoms with E-state index in [4.69, 9.17) is 5.26 Å². The second-order valence-corrected chi connectivity index (χ2v) is 2.96. The highest BCUT2D eigenvalue weighted by Gasteiger charge is 2.15. The van der Waals surface area contributed by atoms with Gasteiger partial charge in [-0.3, -0.25) is 0 Å². The summed E-state index contributed by atoms with van der Waals surface area (Å²) in [6.45, 7) is 0. The van der Waals surface area contributed by atoms with Crippen molar-refractivity contribution in [3.63, 3.8) is 0 Å². The molecule has 0 aliphatic heterocycles. The molecule has 0 atom stereocenters. The molecule has 1 rings (SSSR count). The van der Waals surface area contributed by atoms with Gasteiger partial charge in [-0.05, 0) is 22.0 Å². The van der Waals surface area contributed by atoms with Gasteiger partial charge in [-0.1, -0.05) is 0 Å². The van der Waals surface area contributed by atoms with Crippen molar-refractivity contribution in [3.8, 4) is 6.07 Å². The van der Waals surface area contributed by atoms with Gasteiger partial charge >= 0.3 is 0 Å². The Hall–Kier alpha value is -1.09. The maximum absolute atomic E-state index is 12.9. The molecule has 6 heteroatoms. The van der Waals surface area contributed by atoms with Crippen molar-refractivity contribution in [1.29, 1.82) is 5.26 Å². The van der Waals surface area contributed by atoms with Crippen LogP contribution in [0.5, 0.6) is 0 Å². The van der Waals surface area contributed by atoms with Crippen LogP contribution in [-0.4, -0.2) is 4.98 Å². The van der Waals surface area contributed by atoms with Gasteiger partial charge in [0.2, 0.25) is 0 Å². The van der Waals surface area contributed by atoms with Gasteiger partial charge in [-0.2, -0.15) is 5.26 Å². The zero-order chi connectivity index (χ0) is 10.0. The van der Waals surface area contributed by atoms with Crippen LogP contribution >= 0.6 is 15.9 Å². The van der Waals surface area contributed by atoms with Gasteiger partial charge in [0, 0.05) is 0 Å². The molecule has 0 fully saturated rings. The smallest absolute Gasteiger partial charge is 0.233 e. The normalized spacial score (nSPS) is 10.2. The molecule has 0 aromatic carbocycles. The SMILES string of the molecule is N#Cc1nc(C(F)F)cc(Br)c1F. The van der Waals surface area contributed by atoms with Crippen LogP contribution in [0.15, 0.2) is 10.5 Å². The van der Waals surface area contributed by atoms with E-state index in [0.29, 0.717) is 0 Å². The van der Waals surface area contributed by atoms with E-state index < -0.39 is 23.6 Å². The molecule has 0 N–H and O–H groups in total. The maximum Gasteiger partial charge on any atom is 0.280 e. The van der Waals surface area contributed by atoms with Crippen LogP contribution in [0.25, 0.3) is 0 Å². The molecule has 2 nitrogen and oxygen atoms in total. The summed E-state index contributed by atoms with van der Waals surface area (Å²) in [6.07, 6.45) is -2.82. The molecule has 68 valence electrons. The first-order valence-electron chi connectivity index (χ1n) is 3.10. The summed E-state index contributed by atoms with van der Waals surface area (Å²) >= 11 is 2.71. The lowest BCUT2D eigenvalue weighted by Crippen LogP contribution is -1.97. The number of nitrogens with zero attached hydrogens (tertiary/aromatic N) is 2. The minimum atomic E-state index is -2.82. The zero-order valence-electron chi connectivity index (χ0n) is 6.06. The first-order chi connectivity index (χ1) is 6.06. The fraction of sp³-hybridized carbons (Fsp3) is 0.143. The molecule has 0 radical (unpaired) electrons. The van der Waals surface area contributed by atoms with E-state index >= 15 is 0 Å². The first kappa shape index (κ1) is 9.99. The number of pyridine rings is 1. The second-order valence-electron chi connectivity index (χ2n) is 2.10. The Bertz CT molecular complexity index is 373. The molecule has 0 bridgehead atoms. The van der Waals surface area contributed by atoms with E-state index in [1.165, 1.54) is 6.07 Å². The number of hydrogen-bond acceptors (Lipinski definition) is 2. The lowest BCUT2D eigenvalue weighted by molar-refractivity contribution is 0.145. The zero-order valence-corrected chi connectivity index (χ0v) is 7.65. The Morgan fingerprint density at radius 2 is 2.15 bits per heavy atom. The third kappa shape index (κ3) is 1.98. The molecule has 0 aliphatic carbocycles. The highest BCUT2D eigenvalue weighted by Crippen LogP contribution is 2.24. The fourth-order valence-electron chi connectivity index (χ4n) is 0.703. The topological polar surface area (TPSA) is 36.7 Å². The van der Waals surface area contributed by atoms with E-state index in [-0.39, 0.29) is 4.47 Å². The van der Waals surface area contributed by atoms with E-state index in [9.17, 15) is 13.2 Å². The molecule has 1 heterocycles. The van der Waals surface area contributed by atoms with Crippen LogP contribution in [-0.2, 0) is 0 Å². The molecule has 0 amide bonds. The van der Waals surface area contributed by atoms with Crippen LogP contribution in [0.3, 0.4) is 0 Å². The summed E-state index contributed by atoms with van der Waals surface area (Å²) in [5.41, 5.74) is -1.26. The largest absolute Gasteiger partial charge is 0.280 e. The predicted molar refractivity (Wildman–Crippen MR) is 41.6 cm³/mol. The van der Waals surface area contributed by atoms with Gasteiger partial charge < -0.3 is 0 Å². The summed E-state index contributed by atoms with van der Waals surface area (Å²) in [5, 5.41) is 8.33. The van der Waals surface area contributed by atoms with E-state index in [1.54, 1.807) is 0 Å². The Kier molecular flexibility index (Phi) is 2.88. The molecule has 1 aromatic rings. The minimum Gasteiger partial charge on any atom is -0.233 e. The molecule has 0 aliphatic rings. The molecule has 0 spiro atoms. The summed E-state index contributed by atoms with van der Waals surface area (Å²) in [5.74, 6) is -0.924. The van der Waals surface area contributed by atoms with Gasteiger partial charge in [-0.15, -0.1) is 0 Å². The van der Waals surface area contributed by atoms with Gasteiger partial charge in [0.25, 0.3) is 6.43 Å². The van der Waals surface area contributed by atoms with E-state index in [1.807, 2.05) is 0 Å². The average molecular weight is 251 g/mol. The second kappa shape index (κ2) is 3.75. The average Bonchev–Trinajstić information content (AvgIpc) is 2.09. The van der Waals surface area contributed by atoms with Crippen molar-refractivity contribution >= 4 is 15.9 Å². The third-order valence-electron chi connectivity index (χ3n) is 1.26. The summed E-state index contributed by atoms with van der Waals surface area (Å²) in [4.78, 5) is 3.14. The van der Waals surface area contributed by atoms with Gasteiger partial charge in [0.05, 0.1) is 4.47 Å². The lowest BCUT2D eigenvalue weighted by atomic mass is 10.3. The van der Waals surface area contributed by atoms with Crippen LogP contribution in [0, 0.1) is 17.1 Å². The minimum absolute atomic E-state index is 0.186. The number of nitriles is 1.